The Balaban J connectivity index is 2.04. The van der Waals surface area contributed by atoms with Crippen LogP contribution in [0.5, 0.6) is 0 Å². The van der Waals surface area contributed by atoms with E-state index in [4.69, 9.17) is 4.98 Å². The van der Waals surface area contributed by atoms with Crippen molar-refractivity contribution in [1.82, 2.24) is 9.38 Å². The molecule has 0 radical (unpaired) electrons. The second-order valence-corrected chi connectivity index (χ2v) is 6.79. The lowest BCUT2D eigenvalue weighted by molar-refractivity contribution is 1.23. The van der Waals surface area contributed by atoms with Crippen molar-refractivity contribution in [2.75, 3.05) is 0 Å². The Bertz CT molecular complexity index is 1210. The van der Waals surface area contributed by atoms with E-state index in [1.807, 2.05) is 12.3 Å². The summed E-state index contributed by atoms with van der Waals surface area (Å²) in [5, 5.41) is 2.35. The van der Waals surface area contributed by atoms with Gasteiger partial charge in [0.15, 0.2) is 0 Å². The van der Waals surface area contributed by atoms with E-state index in [0.717, 1.165) is 15.5 Å². The zero-order valence-electron chi connectivity index (χ0n) is 12.8. The van der Waals surface area contributed by atoms with E-state index in [-0.39, 0.29) is 0 Å². The second-order valence-electron chi connectivity index (χ2n) is 5.88. The number of rotatable bonds is 1. The Morgan fingerprint density at radius 1 is 0.792 bits per heavy atom. The van der Waals surface area contributed by atoms with Crippen LogP contribution in [0.2, 0.25) is 0 Å². The van der Waals surface area contributed by atoms with Gasteiger partial charge in [0.1, 0.15) is 5.65 Å². The lowest BCUT2D eigenvalue weighted by Crippen LogP contribution is -1.91. The standard InChI is InChI=1S/C21H13BrN2/c22-16-10-11-18-15(12-16)13-23-21-20(14-6-2-1-3-7-14)17-8-4-5-9-19(17)24(18)21/h1-13H. The van der Waals surface area contributed by atoms with E-state index in [9.17, 15) is 0 Å². The molecule has 0 saturated heterocycles. The molecule has 5 aromatic rings. The lowest BCUT2D eigenvalue weighted by Gasteiger charge is -2.05. The fourth-order valence-electron chi connectivity index (χ4n) is 3.45. The van der Waals surface area contributed by atoms with Crippen LogP contribution in [-0.2, 0) is 0 Å². The zero-order chi connectivity index (χ0) is 16.1. The number of hydrogen-bond donors (Lipinski definition) is 0. The predicted octanol–water partition coefficient (Wildman–Crippen LogP) is 6.07. The molecule has 2 aromatic heterocycles. The molecule has 0 atom stereocenters. The molecule has 2 nitrogen and oxygen atoms in total. The van der Waals surface area contributed by atoms with Gasteiger partial charge in [-0.05, 0) is 29.8 Å². The number of benzene rings is 3. The molecule has 0 aliphatic carbocycles. The number of para-hydroxylation sites is 1. The molecule has 0 amide bonds. The van der Waals surface area contributed by atoms with E-state index >= 15 is 0 Å². The van der Waals surface area contributed by atoms with Gasteiger partial charge in [-0.3, -0.25) is 4.40 Å². The van der Waals surface area contributed by atoms with Gasteiger partial charge in [0.2, 0.25) is 0 Å². The van der Waals surface area contributed by atoms with Gasteiger partial charge < -0.3 is 0 Å². The van der Waals surface area contributed by atoms with Crippen LogP contribution in [0, 0.1) is 0 Å². The Kier molecular flexibility index (Phi) is 2.97. The minimum absolute atomic E-state index is 0.997. The second kappa shape index (κ2) is 5.18. The Labute approximate surface area is 147 Å². The van der Waals surface area contributed by atoms with Crippen LogP contribution in [0.15, 0.2) is 83.5 Å². The lowest BCUT2D eigenvalue weighted by atomic mass is 10.0. The van der Waals surface area contributed by atoms with Crippen molar-refractivity contribution in [2.45, 2.75) is 0 Å². The molecule has 3 aromatic carbocycles. The first kappa shape index (κ1) is 13.8. The SMILES string of the molecule is Brc1ccc2c(cnc3c(-c4ccccc4)c4ccccc4n32)c1. The normalized spacial score (nSPS) is 11.5. The fraction of sp³-hybridized carbons (Fsp3) is 0. The quantitative estimate of drug-likeness (QED) is 0.349. The summed E-state index contributed by atoms with van der Waals surface area (Å²) in [5.41, 5.74) is 5.74. The predicted molar refractivity (Wildman–Crippen MR) is 103 cm³/mol. The third-order valence-corrected chi connectivity index (χ3v) is 4.96. The molecule has 0 N–H and O–H groups in total. The maximum absolute atomic E-state index is 4.81. The average Bonchev–Trinajstić information content (AvgIpc) is 2.97. The van der Waals surface area contributed by atoms with Crippen molar-refractivity contribution in [3.05, 3.63) is 83.5 Å². The minimum atomic E-state index is 0.997. The van der Waals surface area contributed by atoms with Crippen LogP contribution in [0.3, 0.4) is 0 Å². The molecule has 114 valence electrons. The molecule has 0 aliphatic rings. The molecule has 0 spiro atoms. The van der Waals surface area contributed by atoms with Crippen molar-refractivity contribution in [3.63, 3.8) is 0 Å². The number of nitrogens with zero attached hydrogens (tertiary/aromatic N) is 2. The molecule has 0 saturated carbocycles. The summed E-state index contributed by atoms with van der Waals surface area (Å²) < 4.78 is 3.33. The number of aromatic nitrogens is 2. The van der Waals surface area contributed by atoms with Crippen LogP contribution in [0.25, 0.3) is 38.6 Å². The molecule has 2 heterocycles. The summed E-state index contributed by atoms with van der Waals surface area (Å²) in [7, 11) is 0. The van der Waals surface area contributed by atoms with Crippen molar-refractivity contribution in [3.8, 4) is 11.1 Å². The van der Waals surface area contributed by atoms with Crippen LogP contribution in [0.1, 0.15) is 0 Å². The Morgan fingerprint density at radius 2 is 1.58 bits per heavy atom. The van der Waals surface area contributed by atoms with Crippen molar-refractivity contribution < 1.29 is 0 Å². The van der Waals surface area contributed by atoms with E-state index in [1.54, 1.807) is 0 Å². The maximum atomic E-state index is 4.81. The van der Waals surface area contributed by atoms with Gasteiger partial charge in [-0.2, -0.15) is 0 Å². The highest BCUT2D eigenvalue weighted by Gasteiger charge is 2.16. The first-order chi connectivity index (χ1) is 11.8. The van der Waals surface area contributed by atoms with Crippen LogP contribution in [-0.4, -0.2) is 9.38 Å². The maximum Gasteiger partial charge on any atom is 0.146 e. The van der Waals surface area contributed by atoms with E-state index in [2.05, 4.69) is 87.1 Å². The molecular formula is C21H13BrN2. The van der Waals surface area contributed by atoms with E-state index < -0.39 is 0 Å². The summed E-state index contributed by atoms with van der Waals surface area (Å²) in [6.45, 7) is 0. The van der Waals surface area contributed by atoms with Gasteiger partial charge in [-0.25, -0.2) is 4.98 Å². The van der Waals surface area contributed by atoms with Gasteiger partial charge in [-0.15, -0.1) is 0 Å². The third kappa shape index (κ3) is 1.91. The first-order valence-electron chi connectivity index (χ1n) is 7.86. The number of fused-ring (bicyclic) bond motifs is 5. The highest BCUT2D eigenvalue weighted by atomic mass is 79.9. The molecule has 3 heteroatoms. The smallest absolute Gasteiger partial charge is 0.146 e. The first-order valence-corrected chi connectivity index (χ1v) is 8.65. The van der Waals surface area contributed by atoms with Gasteiger partial charge in [0, 0.05) is 27.0 Å². The largest absolute Gasteiger partial charge is 0.293 e. The highest BCUT2D eigenvalue weighted by Crippen LogP contribution is 2.36. The molecule has 0 unspecified atom stereocenters. The molecule has 0 bridgehead atoms. The van der Waals surface area contributed by atoms with Crippen molar-refractivity contribution in [1.29, 1.82) is 0 Å². The molecule has 5 rings (SSSR count). The highest BCUT2D eigenvalue weighted by molar-refractivity contribution is 9.10. The number of hydrogen-bond acceptors (Lipinski definition) is 1. The summed E-state index contributed by atoms with van der Waals surface area (Å²) in [4.78, 5) is 4.81. The monoisotopic (exact) mass is 372 g/mol. The van der Waals surface area contributed by atoms with Gasteiger partial charge in [-0.1, -0.05) is 64.5 Å². The van der Waals surface area contributed by atoms with Crippen LogP contribution < -0.4 is 0 Å². The topological polar surface area (TPSA) is 17.3 Å². The molecule has 0 fully saturated rings. The van der Waals surface area contributed by atoms with E-state index in [0.29, 0.717) is 0 Å². The Morgan fingerprint density at radius 3 is 2.46 bits per heavy atom. The zero-order valence-corrected chi connectivity index (χ0v) is 14.4. The molecule has 24 heavy (non-hydrogen) atoms. The third-order valence-electron chi connectivity index (χ3n) is 4.47. The van der Waals surface area contributed by atoms with Crippen LogP contribution in [0.4, 0.5) is 0 Å². The minimum Gasteiger partial charge on any atom is -0.293 e. The Hall–Kier alpha value is -2.65. The van der Waals surface area contributed by atoms with Gasteiger partial charge in [0.05, 0.1) is 11.0 Å². The van der Waals surface area contributed by atoms with E-state index in [1.165, 1.54) is 27.5 Å². The van der Waals surface area contributed by atoms with Crippen molar-refractivity contribution in [2.24, 2.45) is 0 Å². The fourth-order valence-corrected chi connectivity index (χ4v) is 3.82. The van der Waals surface area contributed by atoms with Crippen molar-refractivity contribution >= 4 is 43.4 Å². The van der Waals surface area contributed by atoms with Gasteiger partial charge in [0.25, 0.3) is 0 Å². The summed E-state index contributed by atoms with van der Waals surface area (Å²) in [5.74, 6) is 0. The summed E-state index contributed by atoms with van der Waals surface area (Å²) >= 11 is 3.55. The van der Waals surface area contributed by atoms with Crippen LogP contribution >= 0.6 is 15.9 Å². The summed E-state index contributed by atoms with van der Waals surface area (Å²) in [6, 6.07) is 25.3. The average molecular weight is 373 g/mol. The summed E-state index contributed by atoms with van der Waals surface area (Å²) in [6.07, 6.45) is 1.96. The molecule has 0 aliphatic heterocycles. The molecular weight excluding hydrogens is 360 g/mol. The number of halogens is 1. The van der Waals surface area contributed by atoms with Gasteiger partial charge >= 0.3 is 0 Å².